The Kier molecular flexibility index (Phi) is 7.31. The number of benzene rings is 1. The zero-order valence-corrected chi connectivity index (χ0v) is 22.9. The second kappa shape index (κ2) is 10.5. The molecule has 0 spiro atoms. The second-order valence-electron chi connectivity index (χ2n) is 11.0. The van der Waals surface area contributed by atoms with Crippen molar-refractivity contribution in [3.8, 4) is 5.75 Å². The molecule has 7 nitrogen and oxygen atoms in total. The number of rotatable bonds is 6. The van der Waals surface area contributed by atoms with Crippen molar-refractivity contribution >= 4 is 22.6 Å². The minimum atomic E-state index is -0.458. The number of halogens is 2. The maximum absolute atomic E-state index is 15.7. The van der Waals surface area contributed by atoms with Crippen molar-refractivity contribution in [1.82, 2.24) is 19.8 Å². The molecular formula is C29H37F2N5O2. The van der Waals surface area contributed by atoms with Gasteiger partial charge in [0, 0.05) is 56.6 Å². The van der Waals surface area contributed by atoms with E-state index >= 15 is 4.39 Å². The predicted octanol–water partition coefficient (Wildman–Crippen LogP) is 4.99. The molecule has 2 aromatic heterocycles. The van der Waals surface area contributed by atoms with Crippen molar-refractivity contribution in [3.63, 3.8) is 0 Å². The van der Waals surface area contributed by atoms with Crippen LogP contribution in [0.4, 0.5) is 14.6 Å². The van der Waals surface area contributed by atoms with E-state index in [1.54, 1.807) is 4.90 Å². The zero-order chi connectivity index (χ0) is 27.1. The molecular weight excluding hydrogens is 488 g/mol. The molecule has 9 heteroatoms. The molecule has 2 fully saturated rings. The molecule has 2 atom stereocenters. The van der Waals surface area contributed by atoms with Gasteiger partial charge in [0.2, 0.25) is 0 Å². The summed E-state index contributed by atoms with van der Waals surface area (Å²) < 4.78 is 34.6. The first-order valence-electron chi connectivity index (χ1n) is 13.5. The van der Waals surface area contributed by atoms with Crippen LogP contribution in [0.2, 0.25) is 0 Å². The Morgan fingerprint density at radius 3 is 2.55 bits per heavy atom. The Bertz CT molecular complexity index is 1330. The summed E-state index contributed by atoms with van der Waals surface area (Å²) in [5, 5.41) is 0.813. The van der Waals surface area contributed by atoms with E-state index in [1.807, 2.05) is 30.9 Å². The fourth-order valence-corrected chi connectivity index (χ4v) is 6.10. The monoisotopic (exact) mass is 525 g/mol. The number of aromatic nitrogens is 2. The van der Waals surface area contributed by atoms with Gasteiger partial charge in [-0.3, -0.25) is 4.79 Å². The molecule has 0 bridgehead atoms. The van der Waals surface area contributed by atoms with Gasteiger partial charge in [0.25, 0.3) is 5.91 Å². The van der Waals surface area contributed by atoms with E-state index < -0.39 is 5.82 Å². The number of carbonyl (C=O) groups excluding carboxylic acids is 1. The average Bonchev–Trinajstić information content (AvgIpc) is 3.52. The maximum Gasteiger partial charge on any atom is 0.270 e. The van der Waals surface area contributed by atoms with Crippen LogP contribution in [0.15, 0.2) is 24.4 Å². The van der Waals surface area contributed by atoms with E-state index in [4.69, 9.17) is 4.74 Å². The molecule has 2 aliphatic rings. The van der Waals surface area contributed by atoms with Gasteiger partial charge in [0.05, 0.1) is 18.8 Å². The number of fused-ring (bicyclic) bond motifs is 1. The maximum atomic E-state index is 15.7. The Morgan fingerprint density at radius 2 is 1.89 bits per heavy atom. The van der Waals surface area contributed by atoms with Gasteiger partial charge in [0.15, 0.2) is 17.4 Å². The fraction of sp³-hybridized carbons (Fsp3) is 0.517. The van der Waals surface area contributed by atoms with Gasteiger partial charge in [-0.2, -0.15) is 0 Å². The van der Waals surface area contributed by atoms with Crippen LogP contribution in [0, 0.1) is 17.6 Å². The quantitative estimate of drug-likeness (QED) is 0.491. The highest BCUT2D eigenvalue weighted by Gasteiger charge is 2.34. The van der Waals surface area contributed by atoms with Crippen LogP contribution < -0.4 is 9.64 Å². The number of anilines is 1. The van der Waals surface area contributed by atoms with Crippen molar-refractivity contribution in [2.24, 2.45) is 5.92 Å². The van der Waals surface area contributed by atoms with E-state index in [2.05, 4.69) is 28.8 Å². The summed E-state index contributed by atoms with van der Waals surface area (Å²) in [6.07, 6.45) is 2.22. The Labute approximate surface area is 222 Å². The van der Waals surface area contributed by atoms with Crippen molar-refractivity contribution in [2.75, 3.05) is 58.3 Å². The van der Waals surface area contributed by atoms with Crippen LogP contribution in [0.25, 0.3) is 10.9 Å². The number of piperazine rings is 1. The smallest absolute Gasteiger partial charge is 0.270 e. The number of nitrogens with one attached hydrogen (secondary N) is 1. The molecule has 204 valence electrons. The molecule has 0 radical (unpaired) electrons. The van der Waals surface area contributed by atoms with Gasteiger partial charge in [-0.05, 0) is 36.1 Å². The van der Waals surface area contributed by atoms with Crippen molar-refractivity contribution in [2.45, 2.75) is 39.0 Å². The van der Waals surface area contributed by atoms with E-state index in [0.717, 1.165) is 30.5 Å². The van der Waals surface area contributed by atoms with E-state index in [1.165, 1.54) is 19.4 Å². The number of nitrogens with zero attached hydrogens (tertiary/aromatic N) is 4. The second-order valence-corrected chi connectivity index (χ2v) is 11.0. The van der Waals surface area contributed by atoms with E-state index in [-0.39, 0.29) is 17.6 Å². The molecule has 5 rings (SSSR count). The molecule has 1 N–H and O–H groups in total. The van der Waals surface area contributed by atoms with Gasteiger partial charge in [0.1, 0.15) is 11.5 Å². The molecule has 2 aliphatic heterocycles. The van der Waals surface area contributed by atoms with E-state index in [0.29, 0.717) is 66.4 Å². The summed E-state index contributed by atoms with van der Waals surface area (Å²) in [5.41, 5.74) is 2.66. The number of pyridine rings is 1. The third-order valence-corrected chi connectivity index (χ3v) is 8.20. The SMILES string of the molecule is CCC1CN(C)CC1c1cc(C(C)C)c(F)c2[nH]c(C(=O)N3CCN(c4ncc(F)cc4OC)CC3)cc12. The molecule has 2 saturated heterocycles. The summed E-state index contributed by atoms with van der Waals surface area (Å²) in [4.78, 5) is 27.0. The molecule has 0 saturated carbocycles. The first kappa shape index (κ1) is 26.4. The summed E-state index contributed by atoms with van der Waals surface area (Å²) in [6.45, 7) is 10.2. The fourth-order valence-electron chi connectivity index (χ4n) is 6.10. The lowest BCUT2D eigenvalue weighted by atomic mass is 9.83. The standard InChI is InChI=1S/C29H37F2N5O2/c1-6-18-15-34(4)16-23(18)21-12-20(17(2)3)26(31)27-22(21)13-24(33-27)29(37)36-9-7-35(8-10-36)28-25(38-5)11-19(30)14-32-28/h11-14,17-18,23,33H,6-10,15-16H2,1-5H3. The Hall–Kier alpha value is -3.20. The number of H-pyrrole nitrogens is 1. The lowest BCUT2D eigenvalue weighted by Gasteiger charge is -2.35. The first-order valence-corrected chi connectivity index (χ1v) is 13.5. The highest BCUT2D eigenvalue weighted by Crippen LogP contribution is 2.40. The molecule has 1 amide bonds. The third-order valence-electron chi connectivity index (χ3n) is 8.20. The van der Waals surface area contributed by atoms with Gasteiger partial charge in [-0.1, -0.05) is 33.3 Å². The number of aromatic amines is 1. The minimum Gasteiger partial charge on any atom is -0.493 e. The molecule has 0 aliphatic carbocycles. The van der Waals surface area contributed by atoms with Crippen LogP contribution in [-0.4, -0.2) is 79.1 Å². The minimum absolute atomic E-state index is 0.0324. The van der Waals surface area contributed by atoms with Crippen molar-refractivity contribution in [3.05, 3.63) is 52.9 Å². The number of hydrogen-bond donors (Lipinski definition) is 1. The van der Waals surface area contributed by atoms with Gasteiger partial charge in [-0.15, -0.1) is 0 Å². The molecule has 3 aromatic rings. The highest BCUT2D eigenvalue weighted by molar-refractivity contribution is 5.99. The van der Waals surface area contributed by atoms with Crippen LogP contribution in [0.5, 0.6) is 5.75 Å². The molecule has 1 aromatic carbocycles. The lowest BCUT2D eigenvalue weighted by Crippen LogP contribution is -2.49. The topological polar surface area (TPSA) is 64.7 Å². The third kappa shape index (κ3) is 4.72. The first-order chi connectivity index (χ1) is 18.2. The number of carbonyl (C=O) groups is 1. The number of ether oxygens (including phenoxy) is 1. The van der Waals surface area contributed by atoms with Crippen LogP contribution in [-0.2, 0) is 0 Å². The molecule has 4 heterocycles. The van der Waals surface area contributed by atoms with Crippen LogP contribution >= 0.6 is 0 Å². The average molecular weight is 526 g/mol. The number of hydrogen-bond acceptors (Lipinski definition) is 5. The van der Waals surface area contributed by atoms with Crippen LogP contribution in [0.3, 0.4) is 0 Å². The number of likely N-dealkylation sites (N-methyl/N-ethyl adjacent to an activating group) is 1. The Balaban J connectivity index is 1.43. The summed E-state index contributed by atoms with van der Waals surface area (Å²) >= 11 is 0. The summed E-state index contributed by atoms with van der Waals surface area (Å²) in [5.74, 6) is 0.881. The Morgan fingerprint density at radius 1 is 1.16 bits per heavy atom. The number of likely N-dealkylation sites (tertiary alicyclic amines) is 1. The van der Waals surface area contributed by atoms with Crippen molar-refractivity contribution < 1.29 is 18.3 Å². The molecule has 2 unspecified atom stereocenters. The summed E-state index contributed by atoms with van der Waals surface area (Å²) in [7, 11) is 3.62. The lowest BCUT2D eigenvalue weighted by molar-refractivity contribution is 0.0741. The predicted molar refractivity (Wildman–Crippen MR) is 145 cm³/mol. The van der Waals surface area contributed by atoms with Gasteiger partial charge < -0.3 is 24.4 Å². The summed E-state index contributed by atoms with van der Waals surface area (Å²) in [6, 6.07) is 5.20. The van der Waals surface area contributed by atoms with Crippen molar-refractivity contribution in [1.29, 1.82) is 0 Å². The van der Waals surface area contributed by atoms with E-state index in [9.17, 15) is 9.18 Å². The number of amides is 1. The highest BCUT2D eigenvalue weighted by atomic mass is 19.1. The largest absolute Gasteiger partial charge is 0.493 e. The molecule has 38 heavy (non-hydrogen) atoms. The normalized spacial score (nSPS) is 20.6. The number of methoxy groups -OCH3 is 1. The van der Waals surface area contributed by atoms with Gasteiger partial charge >= 0.3 is 0 Å². The zero-order valence-electron chi connectivity index (χ0n) is 22.9. The van der Waals surface area contributed by atoms with Gasteiger partial charge in [-0.25, -0.2) is 13.8 Å². The van der Waals surface area contributed by atoms with Crippen LogP contribution in [0.1, 0.15) is 60.6 Å².